The Morgan fingerprint density at radius 2 is 1.83 bits per heavy atom. The highest BCUT2D eigenvalue weighted by Gasteiger charge is 2.26. The minimum atomic E-state index is -4.07. The van der Waals surface area contributed by atoms with Crippen LogP contribution in [0.3, 0.4) is 0 Å². The Bertz CT molecular complexity index is 1040. The van der Waals surface area contributed by atoms with Gasteiger partial charge in [0.05, 0.1) is 27.7 Å². The third kappa shape index (κ3) is 5.75. The van der Waals surface area contributed by atoms with Gasteiger partial charge < -0.3 is 10.1 Å². The molecule has 160 valence electrons. The van der Waals surface area contributed by atoms with E-state index in [0.29, 0.717) is 17.3 Å². The smallest absolute Gasteiger partial charge is 0.340 e. The first-order chi connectivity index (χ1) is 14.2. The van der Waals surface area contributed by atoms with E-state index in [4.69, 9.17) is 27.9 Å². The summed E-state index contributed by atoms with van der Waals surface area (Å²) in [4.78, 5) is 23.6. The summed E-state index contributed by atoms with van der Waals surface area (Å²) in [5.74, 6) is -1.39. The van der Waals surface area contributed by atoms with Gasteiger partial charge in [0.25, 0.3) is 15.9 Å². The zero-order chi connectivity index (χ0) is 22.3. The second-order valence-corrected chi connectivity index (χ2v) is 8.68. The van der Waals surface area contributed by atoms with Gasteiger partial charge in [-0.3, -0.25) is 9.10 Å². The Labute approximate surface area is 185 Å². The van der Waals surface area contributed by atoms with Gasteiger partial charge in [0, 0.05) is 11.6 Å². The van der Waals surface area contributed by atoms with Crippen LogP contribution in [0.15, 0.2) is 60.0 Å². The fourth-order valence-electron chi connectivity index (χ4n) is 2.47. The van der Waals surface area contributed by atoms with Crippen molar-refractivity contribution in [1.82, 2.24) is 5.32 Å². The van der Waals surface area contributed by atoms with Crippen LogP contribution in [-0.2, 0) is 19.6 Å². The normalized spacial score (nSPS) is 10.9. The van der Waals surface area contributed by atoms with Gasteiger partial charge in [-0.15, -0.1) is 6.58 Å². The summed E-state index contributed by atoms with van der Waals surface area (Å²) >= 11 is 11.9. The number of likely N-dealkylation sites (N-methyl/N-ethyl adjacent to an activating group) is 1. The summed E-state index contributed by atoms with van der Waals surface area (Å²) in [6, 6.07) is 9.92. The van der Waals surface area contributed by atoms with Gasteiger partial charge in [0.2, 0.25) is 0 Å². The molecule has 0 radical (unpaired) electrons. The third-order valence-electron chi connectivity index (χ3n) is 3.86. The first-order valence-corrected chi connectivity index (χ1v) is 11.0. The molecule has 0 fully saturated rings. The zero-order valence-corrected chi connectivity index (χ0v) is 18.4. The molecule has 0 aromatic heterocycles. The van der Waals surface area contributed by atoms with Crippen LogP contribution in [-0.4, -0.2) is 40.0 Å². The van der Waals surface area contributed by atoms with Gasteiger partial charge in [-0.25, -0.2) is 13.2 Å². The van der Waals surface area contributed by atoms with E-state index in [1.165, 1.54) is 18.2 Å². The van der Waals surface area contributed by atoms with E-state index in [9.17, 15) is 18.0 Å². The van der Waals surface area contributed by atoms with Gasteiger partial charge in [0.15, 0.2) is 6.61 Å². The molecule has 0 saturated heterocycles. The molecule has 1 N–H and O–H groups in total. The molecule has 0 aliphatic heterocycles. The molecular formula is C20H20Cl2N2O5S. The van der Waals surface area contributed by atoms with E-state index in [2.05, 4.69) is 11.9 Å². The predicted molar refractivity (Wildman–Crippen MR) is 117 cm³/mol. The van der Waals surface area contributed by atoms with Crippen molar-refractivity contribution in [1.29, 1.82) is 0 Å². The molecule has 0 spiro atoms. The zero-order valence-electron chi connectivity index (χ0n) is 16.1. The molecule has 0 heterocycles. The Kier molecular flexibility index (Phi) is 8.28. The molecule has 2 aromatic rings. The number of carbonyl (C=O) groups is 2. The van der Waals surface area contributed by atoms with E-state index in [1.807, 2.05) is 0 Å². The third-order valence-corrected chi connectivity index (χ3v) is 6.23. The number of hydrogen-bond acceptors (Lipinski definition) is 5. The van der Waals surface area contributed by atoms with E-state index in [0.717, 1.165) is 10.4 Å². The van der Waals surface area contributed by atoms with Crippen molar-refractivity contribution in [3.05, 3.63) is 70.7 Å². The monoisotopic (exact) mass is 470 g/mol. The lowest BCUT2D eigenvalue weighted by Crippen LogP contribution is -2.31. The maximum absolute atomic E-state index is 13.2. The van der Waals surface area contributed by atoms with Gasteiger partial charge in [0.1, 0.15) is 0 Å². The number of anilines is 1. The van der Waals surface area contributed by atoms with Gasteiger partial charge >= 0.3 is 5.97 Å². The predicted octanol–water partition coefficient (Wildman–Crippen LogP) is 3.67. The Morgan fingerprint density at radius 3 is 2.43 bits per heavy atom. The number of sulfonamides is 1. The fraction of sp³-hybridized carbons (Fsp3) is 0.200. The highest BCUT2D eigenvalue weighted by molar-refractivity contribution is 7.92. The number of nitrogens with zero attached hydrogens (tertiary/aromatic N) is 1. The topological polar surface area (TPSA) is 92.8 Å². The van der Waals surface area contributed by atoms with Crippen LogP contribution in [0, 0.1) is 0 Å². The van der Waals surface area contributed by atoms with Crippen molar-refractivity contribution in [2.75, 3.05) is 24.0 Å². The lowest BCUT2D eigenvalue weighted by molar-refractivity contribution is -0.124. The van der Waals surface area contributed by atoms with E-state index < -0.39 is 28.5 Å². The van der Waals surface area contributed by atoms with Crippen molar-refractivity contribution in [3.63, 3.8) is 0 Å². The maximum atomic E-state index is 13.2. The van der Waals surface area contributed by atoms with E-state index in [-0.39, 0.29) is 22.0 Å². The van der Waals surface area contributed by atoms with Crippen LogP contribution in [0.2, 0.25) is 10.0 Å². The Hall–Kier alpha value is -2.55. The minimum absolute atomic E-state index is 0.00314. The maximum Gasteiger partial charge on any atom is 0.340 e. The quantitative estimate of drug-likeness (QED) is 0.445. The first kappa shape index (κ1) is 23.7. The van der Waals surface area contributed by atoms with Gasteiger partial charge in [-0.2, -0.15) is 0 Å². The largest absolute Gasteiger partial charge is 0.452 e. The molecule has 0 bridgehead atoms. The summed E-state index contributed by atoms with van der Waals surface area (Å²) in [7, 11) is -4.07. The number of amides is 1. The molecule has 0 aliphatic carbocycles. The number of halogens is 2. The van der Waals surface area contributed by atoms with E-state index >= 15 is 0 Å². The van der Waals surface area contributed by atoms with Crippen LogP contribution in [0.1, 0.15) is 17.3 Å². The van der Waals surface area contributed by atoms with Crippen molar-refractivity contribution >= 4 is 50.8 Å². The van der Waals surface area contributed by atoms with Crippen LogP contribution in [0.25, 0.3) is 0 Å². The lowest BCUT2D eigenvalue weighted by atomic mass is 10.2. The molecule has 10 heteroatoms. The molecule has 0 unspecified atom stereocenters. The van der Waals surface area contributed by atoms with Crippen LogP contribution in [0.5, 0.6) is 0 Å². The fourth-order valence-corrected chi connectivity index (χ4v) is 4.26. The minimum Gasteiger partial charge on any atom is -0.452 e. The summed E-state index contributed by atoms with van der Waals surface area (Å²) in [6.07, 6.45) is 1.43. The summed E-state index contributed by atoms with van der Waals surface area (Å²) in [5.41, 5.74) is 0.200. The summed E-state index contributed by atoms with van der Waals surface area (Å²) < 4.78 is 32.5. The second kappa shape index (κ2) is 10.5. The lowest BCUT2D eigenvalue weighted by Gasteiger charge is -2.23. The molecule has 0 aliphatic rings. The van der Waals surface area contributed by atoms with Crippen LogP contribution >= 0.6 is 23.2 Å². The number of esters is 1. The number of ether oxygens (including phenoxy) is 1. The average molecular weight is 471 g/mol. The SMILES string of the molecule is C=CCN(c1ccc(Cl)cc1)S(=O)(=O)c1ccc(Cl)c(C(=O)OCC(=O)NCC)c1. The number of rotatable bonds is 9. The van der Waals surface area contributed by atoms with Crippen molar-refractivity contribution in [3.8, 4) is 0 Å². The molecule has 2 aromatic carbocycles. The molecular weight excluding hydrogens is 451 g/mol. The Balaban J connectivity index is 2.37. The van der Waals surface area contributed by atoms with E-state index in [1.54, 1.807) is 31.2 Å². The molecule has 0 saturated carbocycles. The van der Waals surface area contributed by atoms with Crippen LogP contribution in [0.4, 0.5) is 5.69 Å². The van der Waals surface area contributed by atoms with Gasteiger partial charge in [-0.05, 0) is 49.4 Å². The number of nitrogens with one attached hydrogen (secondary N) is 1. The first-order valence-electron chi connectivity index (χ1n) is 8.83. The Morgan fingerprint density at radius 1 is 1.17 bits per heavy atom. The number of carbonyl (C=O) groups excluding carboxylic acids is 2. The second-order valence-electron chi connectivity index (χ2n) is 5.97. The van der Waals surface area contributed by atoms with Crippen molar-refractivity contribution in [2.45, 2.75) is 11.8 Å². The number of hydrogen-bond donors (Lipinski definition) is 1. The summed E-state index contributed by atoms with van der Waals surface area (Å²) in [5, 5.41) is 2.94. The highest BCUT2D eigenvalue weighted by atomic mass is 35.5. The summed E-state index contributed by atoms with van der Waals surface area (Å²) in [6.45, 7) is 5.19. The molecule has 30 heavy (non-hydrogen) atoms. The molecule has 7 nitrogen and oxygen atoms in total. The molecule has 2 rings (SSSR count). The van der Waals surface area contributed by atoms with Gasteiger partial charge in [-0.1, -0.05) is 29.3 Å². The van der Waals surface area contributed by atoms with Crippen molar-refractivity contribution in [2.24, 2.45) is 0 Å². The van der Waals surface area contributed by atoms with Crippen molar-refractivity contribution < 1.29 is 22.7 Å². The number of benzene rings is 2. The highest BCUT2D eigenvalue weighted by Crippen LogP contribution is 2.28. The molecule has 0 atom stereocenters. The average Bonchev–Trinajstić information content (AvgIpc) is 2.71. The molecule has 1 amide bonds. The standard InChI is InChI=1S/C20H20Cl2N2O5S/c1-3-11-24(15-7-5-14(21)6-8-15)30(27,28)16-9-10-18(22)17(12-16)20(26)29-13-19(25)23-4-2/h3,5-10,12H,1,4,11,13H2,2H3,(H,23,25). The van der Waals surface area contributed by atoms with Crippen LogP contribution < -0.4 is 9.62 Å².